The van der Waals surface area contributed by atoms with E-state index in [0.29, 0.717) is 5.82 Å². The first kappa shape index (κ1) is 14.1. The van der Waals surface area contributed by atoms with E-state index in [9.17, 15) is 4.79 Å². The standard InChI is InChI=1S/C16H12N6O2/c17-13(23)8-15-20-16(21-24-15)11-4-1-3-10(7-11)12-9-22-14(19-12)5-2-6-18-22/h1-7,9H,8H2,(H2,17,23). The number of carbonyl (C=O) groups excluding carboxylic acids is 1. The summed E-state index contributed by atoms with van der Waals surface area (Å²) in [5.74, 6) is 0.0750. The Kier molecular flexibility index (Phi) is 3.27. The smallest absolute Gasteiger partial charge is 0.236 e. The maximum absolute atomic E-state index is 10.9. The van der Waals surface area contributed by atoms with Gasteiger partial charge in [0.1, 0.15) is 6.42 Å². The molecule has 0 aliphatic heterocycles. The minimum absolute atomic E-state index is 0.0786. The molecule has 1 amide bonds. The monoisotopic (exact) mass is 320 g/mol. The van der Waals surface area contributed by atoms with Gasteiger partial charge in [-0.3, -0.25) is 4.79 Å². The minimum Gasteiger partial charge on any atom is -0.369 e. The molecule has 8 heteroatoms. The van der Waals surface area contributed by atoms with Crippen LogP contribution in [0.15, 0.2) is 53.3 Å². The third kappa shape index (κ3) is 2.60. The number of nitrogens with zero attached hydrogens (tertiary/aromatic N) is 5. The summed E-state index contributed by atoms with van der Waals surface area (Å²) >= 11 is 0. The predicted octanol–water partition coefficient (Wildman–Crippen LogP) is 1.47. The molecule has 0 spiro atoms. The summed E-state index contributed by atoms with van der Waals surface area (Å²) in [7, 11) is 0. The number of benzene rings is 1. The Morgan fingerprint density at radius 1 is 1.17 bits per heavy atom. The first-order valence-electron chi connectivity index (χ1n) is 7.21. The van der Waals surface area contributed by atoms with E-state index in [1.807, 2.05) is 42.6 Å². The minimum atomic E-state index is -0.517. The average molecular weight is 320 g/mol. The lowest BCUT2D eigenvalue weighted by molar-refractivity contribution is -0.117. The first-order chi connectivity index (χ1) is 11.7. The number of imidazole rings is 1. The van der Waals surface area contributed by atoms with Crippen molar-refractivity contribution in [3.05, 3.63) is 54.7 Å². The molecule has 1 aromatic carbocycles. The number of hydrogen-bond acceptors (Lipinski definition) is 6. The van der Waals surface area contributed by atoms with Gasteiger partial charge in [0.25, 0.3) is 0 Å². The Balaban J connectivity index is 1.70. The second-order valence-corrected chi connectivity index (χ2v) is 5.19. The SMILES string of the molecule is NC(=O)Cc1nc(-c2cccc(-c3cn4ncccc4n3)c2)no1. The van der Waals surface area contributed by atoms with Gasteiger partial charge in [0, 0.05) is 17.3 Å². The molecular formula is C16H12N6O2. The van der Waals surface area contributed by atoms with E-state index in [4.69, 9.17) is 10.3 Å². The van der Waals surface area contributed by atoms with Gasteiger partial charge in [0.05, 0.1) is 11.9 Å². The topological polar surface area (TPSA) is 112 Å². The molecule has 0 radical (unpaired) electrons. The van der Waals surface area contributed by atoms with E-state index < -0.39 is 5.91 Å². The number of aromatic nitrogens is 5. The summed E-state index contributed by atoms with van der Waals surface area (Å²) in [5.41, 5.74) is 8.34. The fourth-order valence-corrected chi connectivity index (χ4v) is 2.38. The third-order valence-corrected chi connectivity index (χ3v) is 3.45. The zero-order chi connectivity index (χ0) is 16.5. The number of carbonyl (C=O) groups is 1. The molecule has 4 rings (SSSR count). The highest BCUT2D eigenvalue weighted by Crippen LogP contribution is 2.24. The van der Waals surface area contributed by atoms with Crippen molar-refractivity contribution in [3.8, 4) is 22.6 Å². The van der Waals surface area contributed by atoms with Gasteiger partial charge in [0.2, 0.25) is 17.6 Å². The van der Waals surface area contributed by atoms with Gasteiger partial charge < -0.3 is 10.3 Å². The largest absolute Gasteiger partial charge is 0.369 e. The zero-order valence-electron chi connectivity index (χ0n) is 12.5. The van der Waals surface area contributed by atoms with Gasteiger partial charge >= 0.3 is 0 Å². The molecule has 4 aromatic rings. The molecule has 0 aliphatic rings. The quantitative estimate of drug-likeness (QED) is 0.609. The highest BCUT2D eigenvalue weighted by molar-refractivity contribution is 5.75. The molecule has 3 aromatic heterocycles. The summed E-state index contributed by atoms with van der Waals surface area (Å²) in [6.45, 7) is 0. The molecule has 8 nitrogen and oxygen atoms in total. The van der Waals surface area contributed by atoms with E-state index >= 15 is 0 Å². The van der Waals surface area contributed by atoms with E-state index in [0.717, 1.165) is 22.5 Å². The van der Waals surface area contributed by atoms with Crippen LogP contribution in [-0.4, -0.2) is 30.6 Å². The Morgan fingerprint density at radius 3 is 2.88 bits per heavy atom. The van der Waals surface area contributed by atoms with Crippen molar-refractivity contribution in [2.45, 2.75) is 6.42 Å². The maximum Gasteiger partial charge on any atom is 0.236 e. The summed E-state index contributed by atoms with van der Waals surface area (Å²) in [4.78, 5) is 19.6. The molecule has 0 bridgehead atoms. The van der Waals surface area contributed by atoms with Gasteiger partial charge in [-0.2, -0.15) is 10.1 Å². The molecule has 0 saturated carbocycles. The molecule has 2 N–H and O–H groups in total. The van der Waals surface area contributed by atoms with Gasteiger partial charge in [0.15, 0.2) is 5.65 Å². The molecule has 0 atom stereocenters. The van der Waals surface area contributed by atoms with Crippen LogP contribution in [-0.2, 0) is 11.2 Å². The fraction of sp³-hybridized carbons (Fsp3) is 0.0625. The first-order valence-corrected chi connectivity index (χ1v) is 7.21. The molecule has 0 aliphatic carbocycles. The lowest BCUT2D eigenvalue weighted by Gasteiger charge is -1.98. The van der Waals surface area contributed by atoms with Crippen LogP contribution in [0.4, 0.5) is 0 Å². The second-order valence-electron chi connectivity index (χ2n) is 5.19. The lowest BCUT2D eigenvalue weighted by atomic mass is 10.1. The van der Waals surface area contributed by atoms with Gasteiger partial charge in [-0.1, -0.05) is 23.4 Å². The number of hydrogen-bond donors (Lipinski definition) is 1. The van der Waals surface area contributed by atoms with Crippen LogP contribution < -0.4 is 5.73 Å². The van der Waals surface area contributed by atoms with Crippen LogP contribution in [0, 0.1) is 0 Å². The Hall–Kier alpha value is -3.55. The van der Waals surface area contributed by atoms with Crippen molar-refractivity contribution >= 4 is 11.6 Å². The third-order valence-electron chi connectivity index (χ3n) is 3.45. The van der Waals surface area contributed by atoms with E-state index in [2.05, 4.69) is 20.2 Å². The summed E-state index contributed by atoms with van der Waals surface area (Å²) in [5, 5.41) is 8.09. The van der Waals surface area contributed by atoms with Crippen LogP contribution in [0.3, 0.4) is 0 Å². The van der Waals surface area contributed by atoms with Gasteiger partial charge in [-0.05, 0) is 18.2 Å². The molecule has 24 heavy (non-hydrogen) atoms. The van der Waals surface area contributed by atoms with Crippen molar-refractivity contribution in [1.29, 1.82) is 0 Å². The summed E-state index contributed by atoms with van der Waals surface area (Å²) in [6, 6.07) is 11.3. The highest BCUT2D eigenvalue weighted by Gasteiger charge is 2.12. The molecule has 118 valence electrons. The van der Waals surface area contributed by atoms with Crippen molar-refractivity contribution in [1.82, 2.24) is 24.7 Å². The maximum atomic E-state index is 10.9. The van der Waals surface area contributed by atoms with Crippen molar-refractivity contribution in [2.75, 3.05) is 0 Å². The summed E-state index contributed by atoms with van der Waals surface area (Å²) < 4.78 is 6.74. The normalized spacial score (nSPS) is 11.0. The Bertz CT molecular complexity index is 1000. The Labute approximate surface area is 135 Å². The predicted molar refractivity (Wildman–Crippen MR) is 84.6 cm³/mol. The Morgan fingerprint density at radius 2 is 2.04 bits per heavy atom. The van der Waals surface area contributed by atoms with Crippen LogP contribution in [0.5, 0.6) is 0 Å². The molecule has 0 unspecified atom stereocenters. The highest BCUT2D eigenvalue weighted by atomic mass is 16.5. The second kappa shape index (κ2) is 5.58. The van der Waals surface area contributed by atoms with Gasteiger partial charge in [-0.25, -0.2) is 9.50 Å². The number of fused-ring (bicyclic) bond motifs is 1. The van der Waals surface area contributed by atoms with Crippen LogP contribution in [0.25, 0.3) is 28.3 Å². The summed E-state index contributed by atoms with van der Waals surface area (Å²) in [6.07, 6.45) is 3.47. The number of rotatable bonds is 4. The lowest BCUT2D eigenvalue weighted by Crippen LogP contribution is -2.13. The number of primary amides is 1. The van der Waals surface area contributed by atoms with Crippen LogP contribution in [0.1, 0.15) is 5.89 Å². The van der Waals surface area contributed by atoms with E-state index in [-0.39, 0.29) is 12.3 Å². The fourth-order valence-electron chi connectivity index (χ4n) is 2.38. The molecule has 3 heterocycles. The van der Waals surface area contributed by atoms with Crippen LogP contribution >= 0.6 is 0 Å². The van der Waals surface area contributed by atoms with E-state index in [1.54, 1.807) is 10.7 Å². The zero-order valence-corrected chi connectivity index (χ0v) is 12.5. The van der Waals surface area contributed by atoms with Crippen LogP contribution in [0.2, 0.25) is 0 Å². The molecular weight excluding hydrogens is 308 g/mol. The average Bonchev–Trinajstić information content (AvgIpc) is 3.21. The number of amides is 1. The number of nitrogens with two attached hydrogens (primary N) is 1. The van der Waals surface area contributed by atoms with Gasteiger partial charge in [-0.15, -0.1) is 0 Å². The molecule has 0 fully saturated rings. The van der Waals surface area contributed by atoms with Crippen molar-refractivity contribution < 1.29 is 9.32 Å². The van der Waals surface area contributed by atoms with Crippen molar-refractivity contribution in [3.63, 3.8) is 0 Å². The van der Waals surface area contributed by atoms with Crippen molar-refractivity contribution in [2.24, 2.45) is 5.73 Å². The van der Waals surface area contributed by atoms with E-state index in [1.165, 1.54) is 0 Å². The molecule has 0 saturated heterocycles.